The second-order valence-corrected chi connectivity index (χ2v) is 19.0. The summed E-state index contributed by atoms with van der Waals surface area (Å²) >= 11 is 0. The van der Waals surface area contributed by atoms with Crippen molar-refractivity contribution in [1.82, 2.24) is 45.2 Å². The Morgan fingerprint density at radius 3 is 2.43 bits per heavy atom. The molecule has 13 nitrogen and oxygen atoms in total. The van der Waals surface area contributed by atoms with Crippen molar-refractivity contribution in [2.45, 2.75) is 122 Å². The summed E-state index contributed by atoms with van der Waals surface area (Å²) in [7, 11) is 3.62. The minimum Gasteiger partial charge on any atom is -0.453 e. The highest BCUT2D eigenvalue weighted by Gasteiger charge is 2.53. The predicted octanol–water partition coefficient (Wildman–Crippen LogP) is 7.53. The largest absolute Gasteiger partial charge is 0.453 e. The number of allylic oxidation sites excluding steroid dienone is 6. The van der Waals surface area contributed by atoms with E-state index in [-0.39, 0.29) is 29.3 Å². The lowest BCUT2D eigenvalue weighted by Crippen LogP contribution is -2.51. The summed E-state index contributed by atoms with van der Waals surface area (Å²) < 4.78 is 4.82. The molecule has 2 aromatic heterocycles. The molecule has 3 aliphatic carbocycles. The number of amides is 2. The Bertz CT molecular complexity index is 1890. The Balaban J connectivity index is 1.02. The fraction of sp³-hybridized carbons (Fsp3) is 0.689. The van der Waals surface area contributed by atoms with Gasteiger partial charge in [-0.2, -0.15) is 0 Å². The number of ether oxygens (including phenoxy) is 1. The van der Waals surface area contributed by atoms with E-state index >= 15 is 0 Å². The average molecular weight is 798 g/mol. The van der Waals surface area contributed by atoms with Crippen LogP contribution in [0.15, 0.2) is 41.8 Å². The molecular weight excluding hydrogens is 731 g/mol. The first kappa shape index (κ1) is 41.0. The minimum absolute atomic E-state index is 0.0769. The van der Waals surface area contributed by atoms with Crippen molar-refractivity contribution in [3.63, 3.8) is 0 Å². The van der Waals surface area contributed by atoms with Crippen LogP contribution >= 0.6 is 0 Å². The van der Waals surface area contributed by atoms with Crippen LogP contribution in [-0.4, -0.2) is 110 Å². The minimum atomic E-state index is -0.656. The van der Waals surface area contributed by atoms with E-state index in [1.807, 2.05) is 24.9 Å². The van der Waals surface area contributed by atoms with Gasteiger partial charge in [0.25, 0.3) is 0 Å². The molecule has 58 heavy (non-hydrogen) atoms. The number of alkyl carbamates (subject to hydrolysis) is 1. The molecule has 0 bridgehead atoms. The molecule has 1 spiro atoms. The van der Waals surface area contributed by atoms with Crippen LogP contribution in [0.3, 0.4) is 0 Å². The number of carbonyl (C=O) groups excluding carboxylic acids is 2. The first-order valence-electron chi connectivity index (χ1n) is 22.2. The topological polar surface area (TPSA) is 146 Å². The number of imidazole rings is 2. The van der Waals surface area contributed by atoms with Gasteiger partial charge in [0, 0.05) is 44.0 Å². The molecule has 0 radical (unpaired) electrons. The smallest absolute Gasteiger partial charge is 0.407 e. The van der Waals surface area contributed by atoms with E-state index in [2.05, 4.69) is 70.5 Å². The number of carbonyl (C=O) groups is 2. The molecule has 3 saturated heterocycles. The standard InChI is InChI=1S/C45H67N9O4/c1-28(2)26-54(57)53-22-9-12-38(53)42-47-25-36(49-42)33-18-17-32(39-34(33)10-7-19-45(39)20-23-51(5)27-45)30-13-15-31(16-14-30)35-24-46-41(48-35)37-11-8-21-52(37)43(55)40(29(3)4)50-44(56)58-6/h13,15,17,24-25,28-29,33-34,37-40,57H,7-12,14,16,18-23,26-27H2,1-6H3,(H,46,48)(H,47,49)(H,50,56). The van der Waals surface area contributed by atoms with Crippen molar-refractivity contribution in [1.29, 1.82) is 0 Å². The third-order valence-corrected chi connectivity index (χ3v) is 14.4. The number of hydroxylamine groups is 1. The van der Waals surface area contributed by atoms with E-state index in [9.17, 15) is 14.8 Å². The molecule has 3 aliphatic heterocycles. The molecule has 6 aliphatic rings. The summed E-state index contributed by atoms with van der Waals surface area (Å²) in [6, 6.07) is -0.730. The van der Waals surface area contributed by atoms with Gasteiger partial charge in [0.1, 0.15) is 17.7 Å². The monoisotopic (exact) mass is 798 g/mol. The SMILES string of the molecule is COC(=O)NC(C(=O)N1CCCC1c1ncc(C2=CC=C(C3=CCC(c4cnc(C5CCCN5N(O)CC(C)C)[nH]4)C4CCCC5(CCN(C)C5)C34)CC2)[nH]1)C(C)C. The Labute approximate surface area is 344 Å². The third kappa shape index (κ3) is 7.96. The van der Waals surface area contributed by atoms with E-state index in [0.717, 1.165) is 81.9 Å². The molecule has 7 unspecified atom stereocenters. The predicted molar refractivity (Wildman–Crippen MR) is 223 cm³/mol. The molecule has 4 fully saturated rings. The third-order valence-electron chi connectivity index (χ3n) is 14.4. The van der Waals surface area contributed by atoms with Crippen molar-refractivity contribution in [3.05, 3.63) is 64.8 Å². The highest BCUT2D eigenvalue weighted by molar-refractivity contribution is 5.86. The van der Waals surface area contributed by atoms with Crippen molar-refractivity contribution in [3.8, 4) is 0 Å². The molecular formula is C45H67N9O4. The molecule has 8 rings (SSSR count). The maximum absolute atomic E-state index is 13.7. The summed E-state index contributed by atoms with van der Waals surface area (Å²) in [6.07, 6.45) is 22.5. The van der Waals surface area contributed by atoms with Crippen LogP contribution in [0.5, 0.6) is 0 Å². The van der Waals surface area contributed by atoms with Crippen LogP contribution in [-0.2, 0) is 9.53 Å². The van der Waals surface area contributed by atoms with Crippen LogP contribution in [0, 0.1) is 29.1 Å². The van der Waals surface area contributed by atoms with Gasteiger partial charge in [-0.15, -0.1) is 5.17 Å². The zero-order valence-electron chi connectivity index (χ0n) is 35.7. The van der Waals surface area contributed by atoms with Gasteiger partial charge in [-0.25, -0.2) is 19.8 Å². The zero-order valence-corrected chi connectivity index (χ0v) is 35.7. The quantitative estimate of drug-likeness (QED) is 0.170. The Hall–Kier alpha value is -3.78. The first-order chi connectivity index (χ1) is 28.0. The van der Waals surface area contributed by atoms with Gasteiger partial charge < -0.3 is 29.8 Å². The summed E-state index contributed by atoms with van der Waals surface area (Å²) in [5.41, 5.74) is 6.89. The highest BCUT2D eigenvalue weighted by Crippen LogP contribution is 2.60. The highest BCUT2D eigenvalue weighted by atomic mass is 16.6. The van der Waals surface area contributed by atoms with E-state index < -0.39 is 12.1 Å². The summed E-state index contributed by atoms with van der Waals surface area (Å²) in [6.45, 7) is 12.6. The number of H-pyrrole nitrogens is 2. The fourth-order valence-corrected chi connectivity index (χ4v) is 11.7. The van der Waals surface area contributed by atoms with E-state index in [4.69, 9.17) is 14.7 Å². The normalized spacial score (nSPS) is 29.9. The molecule has 316 valence electrons. The van der Waals surface area contributed by atoms with Gasteiger partial charge >= 0.3 is 6.09 Å². The van der Waals surface area contributed by atoms with Crippen LogP contribution in [0.1, 0.15) is 139 Å². The number of rotatable bonds is 11. The van der Waals surface area contributed by atoms with Gasteiger partial charge in [0.2, 0.25) is 5.91 Å². The van der Waals surface area contributed by atoms with Crippen LogP contribution in [0.2, 0.25) is 0 Å². The molecule has 4 N–H and O–H groups in total. The lowest BCUT2D eigenvalue weighted by atomic mass is 9.52. The summed E-state index contributed by atoms with van der Waals surface area (Å²) in [4.78, 5) is 47.5. The summed E-state index contributed by atoms with van der Waals surface area (Å²) in [5.74, 6) is 3.47. The first-order valence-corrected chi connectivity index (χ1v) is 22.2. The number of nitrogens with one attached hydrogen (secondary N) is 3. The van der Waals surface area contributed by atoms with Crippen molar-refractivity contribution in [2.24, 2.45) is 29.1 Å². The summed E-state index contributed by atoms with van der Waals surface area (Å²) in [5, 5.41) is 17.2. The van der Waals surface area contributed by atoms with Gasteiger partial charge in [0.05, 0.1) is 31.1 Å². The lowest BCUT2D eigenvalue weighted by Gasteiger charge is -2.52. The van der Waals surface area contributed by atoms with Crippen molar-refractivity contribution >= 4 is 17.6 Å². The number of hydrazine groups is 1. The zero-order chi connectivity index (χ0) is 40.7. The molecule has 2 amide bonds. The lowest BCUT2D eigenvalue weighted by molar-refractivity contribution is -0.258. The van der Waals surface area contributed by atoms with Crippen LogP contribution < -0.4 is 5.32 Å². The molecule has 1 saturated carbocycles. The van der Waals surface area contributed by atoms with Gasteiger partial charge in [-0.05, 0) is 124 Å². The van der Waals surface area contributed by atoms with E-state index in [1.54, 1.807) is 5.57 Å². The molecule has 2 aromatic rings. The van der Waals surface area contributed by atoms with Crippen LogP contribution in [0.4, 0.5) is 4.79 Å². The molecule has 0 aromatic carbocycles. The van der Waals surface area contributed by atoms with E-state index in [0.29, 0.717) is 36.8 Å². The fourth-order valence-electron chi connectivity index (χ4n) is 11.7. The van der Waals surface area contributed by atoms with Gasteiger partial charge in [-0.1, -0.05) is 52.3 Å². The molecule has 5 heterocycles. The Morgan fingerprint density at radius 1 is 0.966 bits per heavy atom. The Morgan fingerprint density at radius 2 is 1.71 bits per heavy atom. The molecule has 7 atom stereocenters. The number of fused-ring (bicyclic) bond motifs is 2. The average Bonchev–Trinajstić information content (AvgIpc) is 4.06. The number of aromatic amines is 2. The maximum atomic E-state index is 13.7. The number of aromatic nitrogens is 4. The second kappa shape index (κ2) is 17.1. The number of methoxy groups -OCH3 is 1. The maximum Gasteiger partial charge on any atom is 0.407 e. The van der Waals surface area contributed by atoms with Crippen molar-refractivity contribution < 1.29 is 19.5 Å². The van der Waals surface area contributed by atoms with Gasteiger partial charge in [0.15, 0.2) is 0 Å². The number of hydrogen-bond acceptors (Lipinski definition) is 9. The number of likely N-dealkylation sites (tertiary alicyclic amines) is 2. The van der Waals surface area contributed by atoms with Crippen molar-refractivity contribution in [2.75, 3.05) is 46.9 Å². The van der Waals surface area contributed by atoms with Crippen LogP contribution in [0.25, 0.3) is 5.57 Å². The second-order valence-electron chi connectivity index (χ2n) is 19.0. The number of hydrogen-bond donors (Lipinski definition) is 4. The Kier molecular flexibility index (Phi) is 12.1. The molecule has 13 heteroatoms. The van der Waals surface area contributed by atoms with Gasteiger partial charge in [-0.3, -0.25) is 10.0 Å². The van der Waals surface area contributed by atoms with E-state index in [1.165, 1.54) is 54.8 Å². The number of nitrogens with zero attached hydrogens (tertiary/aromatic N) is 6.